The van der Waals surface area contributed by atoms with Crippen molar-refractivity contribution in [3.05, 3.63) is 80.3 Å². The van der Waals surface area contributed by atoms with E-state index in [1.165, 1.54) is 18.3 Å². The van der Waals surface area contributed by atoms with E-state index in [9.17, 15) is 23.6 Å². The van der Waals surface area contributed by atoms with Crippen molar-refractivity contribution in [3.63, 3.8) is 0 Å². The predicted molar refractivity (Wildman–Crippen MR) is 154 cm³/mol. The third-order valence-corrected chi connectivity index (χ3v) is 6.31. The maximum absolute atomic E-state index is 14.8. The molecule has 0 aliphatic heterocycles. The second-order valence-corrected chi connectivity index (χ2v) is 11.4. The largest absolute Gasteiger partial charge is 0.464 e. The summed E-state index contributed by atoms with van der Waals surface area (Å²) in [5, 5.41) is 5.83. The minimum Gasteiger partial charge on any atom is -0.464 e. The van der Waals surface area contributed by atoms with Gasteiger partial charge in [0.05, 0.1) is 12.1 Å². The zero-order chi connectivity index (χ0) is 30.3. The Morgan fingerprint density at radius 1 is 1.07 bits per heavy atom. The summed E-state index contributed by atoms with van der Waals surface area (Å²) in [6.45, 7) is 8.90. The molecule has 0 radical (unpaired) electrons. The summed E-state index contributed by atoms with van der Waals surface area (Å²) in [4.78, 5) is 53.2. The first-order chi connectivity index (χ1) is 19.2. The van der Waals surface area contributed by atoms with Crippen molar-refractivity contribution in [3.8, 4) is 0 Å². The van der Waals surface area contributed by atoms with Crippen LogP contribution in [-0.4, -0.2) is 41.2 Å². The van der Waals surface area contributed by atoms with E-state index in [0.29, 0.717) is 23.4 Å². The van der Waals surface area contributed by atoms with Crippen LogP contribution in [0.5, 0.6) is 0 Å². The van der Waals surface area contributed by atoms with E-state index >= 15 is 0 Å². The third-order valence-electron chi connectivity index (χ3n) is 6.06. The third kappa shape index (κ3) is 9.04. The molecule has 3 rings (SSSR count). The van der Waals surface area contributed by atoms with Crippen molar-refractivity contribution in [2.45, 2.75) is 65.6 Å². The Morgan fingerprint density at radius 3 is 2.39 bits per heavy atom. The number of esters is 1. The van der Waals surface area contributed by atoms with Gasteiger partial charge in [-0.15, -0.1) is 0 Å². The lowest BCUT2D eigenvalue weighted by Gasteiger charge is -2.24. The van der Waals surface area contributed by atoms with Gasteiger partial charge in [-0.25, -0.2) is 14.0 Å². The number of aryl methyl sites for hydroxylation is 1. The van der Waals surface area contributed by atoms with Crippen LogP contribution < -0.4 is 16.1 Å². The molecule has 0 saturated carbocycles. The van der Waals surface area contributed by atoms with E-state index < -0.39 is 40.9 Å². The fraction of sp³-hybridized carbons (Fsp3) is 0.400. The molecule has 220 valence electrons. The lowest BCUT2D eigenvalue weighted by molar-refractivity contribution is -0.147. The number of fused-ring (bicyclic) bond motifs is 1. The lowest BCUT2D eigenvalue weighted by Crippen LogP contribution is -2.47. The predicted octanol–water partition coefficient (Wildman–Crippen LogP) is 5.28. The number of hydrogen-bond donors (Lipinski definition) is 3. The van der Waals surface area contributed by atoms with Crippen LogP contribution >= 0.6 is 11.6 Å². The molecule has 0 bridgehead atoms. The number of hydrogen-bond acceptors (Lipinski definition) is 6. The Morgan fingerprint density at radius 2 is 1.76 bits per heavy atom. The molecule has 11 heteroatoms. The summed E-state index contributed by atoms with van der Waals surface area (Å²) in [5.74, 6) is -2.09. The molecule has 0 aliphatic carbocycles. The molecule has 3 aromatic rings. The van der Waals surface area contributed by atoms with Gasteiger partial charge in [-0.3, -0.25) is 9.59 Å². The smallest absolute Gasteiger partial charge is 0.408 e. The number of carbonyl (C=O) groups excluding carboxylic acids is 3. The molecule has 41 heavy (non-hydrogen) atoms. The van der Waals surface area contributed by atoms with E-state index in [1.54, 1.807) is 58.9 Å². The lowest BCUT2D eigenvalue weighted by atomic mass is 10.0. The summed E-state index contributed by atoms with van der Waals surface area (Å²) in [7, 11) is 0. The van der Waals surface area contributed by atoms with Crippen LogP contribution in [0.15, 0.2) is 47.4 Å². The average molecular weight is 588 g/mol. The summed E-state index contributed by atoms with van der Waals surface area (Å²) >= 11 is 5.88. The molecule has 0 spiro atoms. The molecule has 0 aliphatic rings. The normalized spacial score (nSPS) is 12.2. The summed E-state index contributed by atoms with van der Waals surface area (Å²) < 4.78 is 25.4. The van der Waals surface area contributed by atoms with Crippen molar-refractivity contribution < 1.29 is 28.2 Å². The zero-order valence-corrected chi connectivity index (χ0v) is 24.5. The first-order valence-corrected chi connectivity index (χ1v) is 13.7. The number of alkyl carbamates (subject to hydrolysis) is 1. The molecule has 2 aromatic carbocycles. The van der Waals surface area contributed by atoms with E-state index in [4.69, 9.17) is 21.1 Å². The number of pyridine rings is 1. The number of rotatable bonds is 10. The number of carbonyl (C=O) groups is 3. The van der Waals surface area contributed by atoms with Gasteiger partial charge in [-0.1, -0.05) is 37.6 Å². The Balaban J connectivity index is 1.63. The molecule has 0 saturated heterocycles. The van der Waals surface area contributed by atoms with Crippen LogP contribution in [0, 0.1) is 11.7 Å². The highest BCUT2D eigenvalue weighted by Crippen LogP contribution is 2.18. The molecule has 1 atom stereocenters. The van der Waals surface area contributed by atoms with Crippen LogP contribution in [0.4, 0.5) is 9.18 Å². The maximum atomic E-state index is 14.8. The van der Waals surface area contributed by atoms with Crippen molar-refractivity contribution in [1.29, 1.82) is 0 Å². The number of aromatic amines is 1. The zero-order valence-electron chi connectivity index (χ0n) is 23.7. The topological polar surface area (TPSA) is 127 Å². The second kappa shape index (κ2) is 13.6. The Bertz CT molecular complexity index is 1460. The first kappa shape index (κ1) is 31.6. The van der Waals surface area contributed by atoms with Crippen LogP contribution in [0.1, 0.15) is 62.5 Å². The Hall–Kier alpha value is -3.92. The number of halogens is 2. The van der Waals surface area contributed by atoms with Crippen molar-refractivity contribution in [1.82, 2.24) is 15.6 Å². The number of benzene rings is 2. The SMILES string of the molecule is CC(C)C(NC(=O)OC(C)(C)C)C(=O)OCCCc1cc(F)c2[nH]cc(C(=O)NCc3ccc(Cl)cc3)c(=O)c2c1. The fourth-order valence-electron chi connectivity index (χ4n) is 4.01. The van der Waals surface area contributed by atoms with Gasteiger partial charge in [0.15, 0.2) is 0 Å². The van der Waals surface area contributed by atoms with Gasteiger partial charge in [0.25, 0.3) is 5.91 Å². The summed E-state index contributed by atoms with van der Waals surface area (Å²) in [6.07, 6.45) is 1.12. The Labute approximate surface area is 242 Å². The van der Waals surface area contributed by atoms with E-state index in [0.717, 1.165) is 5.56 Å². The van der Waals surface area contributed by atoms with E-state index in [1.807, 2.05) is 0 Å². The van der Waals surface area contributed by atoms with Gasteiger partial charge >= 0.3 is 12.1 Å². The second-order valence-electron chi connectivity index (χ2n) is 11.0. The number of H-pyrrole nitrogens is 1. The van der Waals surface area contributed by atoms with Gasteiger partial charge in [0.2, 0.25) is 5.43 Å². The van der Waals surface area contributed by atoms with E-state index in [-0.39, 0.29) is 35.5 Å². The van der Waals surface area contributed by atoms with Crippen molar-refractivity contribution in [2.75, 3.05) is 6.61 Å². The highest BCUT2D eigenvalue weighted by Gasteiger charge is 2.28. The van der Waals surface area contributed by atoms with Crippen molar-refractivity contribution in [2.24, 2.45) is 5.92 Å². The molecule has 0 fully saturated rings. The molecule has 9 nitrogen and oxygen atoms in total. The van der Waals surface area contributed by atoms with Crippen LogP contribution in [-0.2, 0) is 27.2 Å². The summed E-state index contributed by atoms with van der Waals surface area (Å²) in [5.41, 5.74) is -0.167. The van der Waals surface area contributed by atoms with Gasteiger partial charge in [0.1, 0.15) is 23.0 Å². The number of aromatic nitrogens is 1. The molecule has 2 amide bonds. The molecule has 1 heterocycles. The monoisotopic (exact) mass is 587 g/mol. The number of amides is 2. The average Bonchev–Trinajstić information content (AvgIpc) is 2.88. The van der Waals surface area contributed by atoms with Crippen LogP contribution in [0.2, 0.25) is 5.02 Å². The summed E-state index contributed by atoms with van der Waals surface area (Å²) in [6, 6.07) is 8.82. The Kier molecular flexibility index (Phi) is 10.5. The minimum atomic E-state index is -0.897. The van der Waals surface area contributed by atoms with Gasteiger partial charge in [-0.2, -0.15) is 0 Å². The molecule has 1 unspecified atom stereocenters. The van der Waals surface area contributed by atoms with Crippen LogP contribution in [0.3, 0.4) is 0 Å². The van der Waals surface area contributed by atoms with E-state index in [2.05, 4.69) is 15.6 Å². The van der Waals surface area contributed by atoms with Crippen LogP contribution in [0.25, 0.3) is 10.9 Å². The minimum absolute atomic E-state index is 0.00702. The number of nitrogens with one attached hydrogen (secondary N) is 3. The standard InChI is InChI=1S/C30H35ClFN3O6/c1-17(2)24(35-29(39)41-30(3,4)5)28(38)40-12-6-7-19-13-21-25(23(32)14-19)33-16-22(26(21)36)27(37)34-15-18-8-10-20(31)11-9-18/h8-11,13-14,16-17,24H,6-7,12,15H2,1-5H3,(H,33,36)(H,34,37)(H,35,39). The number of ether oxygens (including phenoxy) is 2. The molecule has 3 N–H and O–H groups in total. The van der Waals surface area contributed by atoms with Crippen molar-refractivity contribution >= 4 is 40.5 Å². The van der Waals surface area contributed by atoms with Gasteiger partial charge in [-0.05, 0) is 74.9 Å². The molecular weight excluding hydrogens is 553 g/mol. The van der Waals surface area contributed by atoms with Gasteiger partial charge in [0, 0.05) is 23.2 Å². The maximum Gasteiger partial charge on any atom is 0.408 e. The highest BCUT2D eigenvalue weighted by molar-refractivity contribution is 6.30. The quantitative estimate of drug-likeness (QED) is 0.219. The first-order valence-electron chi connectivity index (χ1n) is 13.3. The van der Waals surface area contributed by atoms with Gasteiger partial charge < -0.3 is 25.1 Å². The highest BCUT2D eigenvalue weighted by atomic mass is 35.5. The molecular formula is C30H35ClFN3O6. The molecule has 1 aromatic heterocycles. The fourth-order valence-corrected chi connectivity index (χ4v) is 4.13.